The zero-order chi connectivity index (χ0) is 4.83. The molecule has 0 aliphatic rings. The topological polar surface area (TPSA) is 0 Å². The molecule has 0 N–H and O–H groups in total. The molecule has 0 heterocycles. The molecule has 0 radical (unpaired) electrons. The molecule has 0 aliphatic heterocycles. The quantitative estimate of drug-likeness (QED) is 0.331. The average Bonchev–Trinajstić information content (AvgIpc) is 1.61. The number of hydrogen-bond acceptors (Lipinski definition) is 1. The van der Waals surface area contributed by atoms with Crippen LogP contribution < -0.4 is 0 Å². The molecule has 0 saturated carbocycles. The van der Waals surface area contributed by atoms with Gasteiger partial charge in [0, 0.05) is 0 Å². The molecule has 2 heteroatoms. The van der Waals surface area contributed by atoms with E-state index in [4.69, 9.17) is 0 Å². The molecule has 0 unspecified atom stereocenters. The van der Waals surface area contributed by atoms with Gasteiger partial charge in [0.15, 0.2) is 0 Å². The summed E-state index contributed by atoms with van der Waals surface area (Å²) in [5.74, 6) is 1.31. The lowest BCUT2D eigenvalue weighted by Crippen LogP contribution is -1.68. The van der Waals surface area contributed by atoms with Crippen LogP contribution in [0.5, 0.6) is 0 Å². The minimum absolute atomic E-state index is 0.859. The first-order valence-electron chi connectivity index (χ1n) is 2.28. The van der Waals surface area contributed by atoms with Crippen molar-refractivity contribution < 1.29 is 0 Å². The Bertz CT molecular complexity index is 17.5. The summed E-state index contributed by atoms with van der Waals surface area (Å²) in [4.78, 5) is 0. The van der Waals surface area contributed by atoms with Gasteiger partial charge in [-0.3, -0.25) is 0 Å². The fraction of sp³-hybridized carbons (Fsp3) is 1.00. The molecule has 0 aliphatic carbocycles. The van der Waals surface area contributed by atoms with Crippen LogP contribution in [0, 0.1) is 0 Å². The van der Waals surface area contributed by atoms with E-state index in [-0.39, 0.29) is 0 Å². The van der Waals surface area contributed by atoms with Crippen LogP contribution in [-0.4, -0.2) is 5.75 Å². The molecule has 0 amide bonds. The predicted octanol–water partition coefficient (Wildman–Crippen LogP) is 1.83. The molecule has 0 rings (SSSR count). The summed E-state index contributed by atoms with van der Waals surface area (Å²) in [5.41, 5.74) is 0. The van der Waals surface area contributed by atoms with Crippen molar-refractivity contribution in [3.05, 3.63) is 0 Å². The Morgan fingerprint density at radius 1 is 1.67 bits per heavy atom. The van der Waals surface area contributed by atoms with Crippen molar-refractivity contribution >= 4 is 22.5 Å². The van der Waals surface area contributed by atoms with Gasteiger partial charge in [-0.25, -0.2) is 10.8 Å². The minimum Gasteiger partial charge on any atom is -0.220 e. The van der Waals surface area contributed by atoms with E-state index in [0.717, 1.165) is 10.8 Å². The zero-order valence-corrected chi connectivity index (χ0v) is 5.96. The van der Waals surface area contributed by atoms with E-state index >= 15 is 0 Å². The Labute approximate surface area is 48.5 Å². The first-order valence-corrected chi connectivity index (χ1v) is 4.78. The highest BCUT2D eigenvalue weighted by Crippen LogP contribution is 2.06. The lowest BCUT2D eigenvalue weighted by molar-refractivity contribution is 0.898. The van der Waals surface area contributed by atoms with Gasteiger partial charge in [0.05, 0.1) is 0 Å². The van der Waals surface area contributed by atoms with Gasteiger partial charge in [-0.15, -0.1) is 11.7 Å². The van der Waals surface area contributed by atoms with Crippen molar-refractivity contribution in [3.63, 3.8) is 0 Å². The molecule has 0 nitrogen and oxygen atoms in total. The molecule has 40 valence electrons. The highest BCUT2D eigenvalue weighted by atomic mass is 33.1. The fourth-order valence-corrected chi connectivity index (χ4v) is 1.24. The number of rotatable bonds is 3. The standard InChI is InChI=1S/C4H12S2/c1-2-3-4-6-5/h5H,2-4,6H2,1H3. The van der Waals surface area contributed by atoms with E-state index in [1.54, 1.807) is 0 Å². The third kappa shape index (κ3) is 4.70. The van der Waals surface area contributed by atoms with Crippen molar-refractivity contribution in [2.75, 3.05) is 5.75 Å². The summed E-state index contributed by atoms with van der Waals surface area (Å²) in [6.07, 6.45) is 2.66. The smallest absolute Gasteiger partial charge is 0.0196 e. The van der Waals surface area contributed by atoms with E-state index in [1.807, 2.05) is 0 Å². The molecule has 0 aromatic heterocycles. The van der Waals surface area contributed by atoms with Crippen molar-refractivity contribution in [3.8, 4) is 0 Å². The minimum atomic E-state index is 0.859. The van der Waals surface area contributed by atoms with Crippen LogP contribution in [0.4, 0.5) is 0 Å². The maximum atomic E-state index is 4.08. The highest BCUT2D eigenvalue weighted by Gasteiger charge is 1.73. The van der Waals surface area contributed by atoms with Gasteiger partial charge >= 0.3 is 0 Å². The largest absolute Gasteiger partial charge is 0.220 e. The lowest BCUT2D eigenvalue weighted by atomic mass is 10.4. The second-order valence-corrected chi connectivity index (χ2v) is 3.03. The summed E-state index contributed by atoms with van der Waals surface area (Å²) in [5, 5.41) is 0. The van der Waals surface area contributed by atoms with Gasteiger partial charge in [0.1, 0.15) is 0 Å². The fourth-order valence-electron chi connectivity index (χ4n) is 0.256. The van der Waals surface area contributed by atoms with Gasteiger partial charge in [-0.2, -0.15) is 0 Å². The number of thiol groups is 1. The van der Waals surface area contributed by atoms with Gasteiger partial charge in [-0.1, -0.05) is 13.3 Å². The zero-order valence-electron chi connectivity index (χ0n) is 4.07. The Hall–Kier alpha value is 0.700. The van der Waals surface area contributed by atoms with E-state index in [1.165, 1.54) is 18.6 Å². The summed E-state index contributed by atoms with van der Waals surface area (Å²) >= 11 is 4.08. The molecular formula is C4H12S2. The molecule has 6 heavy (non-hydrogen) atoms. The van der Waals surface area contributed by atoms with Gasteiger partial charge in [0.25, 0.3) is 0 Å². The molecule has 0 saturated heterocycles. The monoisotopic (exact) mass is 124 g/mol. The SMILES string of the molecule is CCCC[SH2]S. The van der Waals surface area contributed by atoms with Crippen molar-refractivity contribution in [1.82, 2.24) is 0 Å². The summed E-state index contributed by atoms with van der Waals surface area (Å²) in [6.45, 7) is 2.20. The van der Waals surface area contributed by atoms with Gasteiger partial charge in [-0.05, 0) is 12.2 Å². The van der Waals surface area contributed by atoms with E-state index in [9.17, 15) is 0 Å². The first-order chi connectivity index (χ1) is 2.91. The third-order valence-corrected chi connectivity index (χ3v) is 1.89. The average molecular weight is 124 g/mol. The third-order valence-electron chi connectivity index (χ3n) is 0.642. The Balaban J connectivity index is 2.34. The molecule has 0 bridgehead atoms. The molecule has 0 aromatic rings. The second kappa shape index (κ2) is 5.70. The first kappa shape index (κ1) is 6.70. The molecule has 0 fully saturated rings. The van der Waals surface area contributed by atoms with Crippen LogP contribution in [0.2, 0.25) is 0 Å². The van der Waals surface area contributed by atoms with Crippen molar-refractivity contribution in [2.45, 2.75) is 19.8 Å². The normalized spacial score (nSPS) is 12.3. The van der Waals surface area contributed by atoms with Crippen molar-refractivity contribution in [2.24, 2.45) is 0 Å². The Morgan fingerprint density at radius 3 is 2.50 bits per heavy atom. The van der Waals surface area contributed by atoms with E-state index < -0.39 is 0 Å². The molecule has 0 aromatic carbocycles. The summed E-state index contributed by atoms with van der Waals surface area (Å²) in [7, 11) is 0.859. The van der Waals surface area contributed by atoms with E-state index in [0.29, 0.717) is 0 Å². The van der Waals surface area contributed by atoms with Gasteiger partial charge < -0.3 is 0 Å². The van der Waals surface area contributed by atoms with Crippen molar-refractivity contribution in [1.29, 1.82) is 0 Å². The number of hydrogen-bond donors (Lipinski definition) is 1. The van der Waals surface area contributed by atoms with Crippen LogP contribution in [0.3, 0.4) is 0 Å². The number of unbranched alkanes of at least 4 members (excludes halogenated alkanes) is 1. The summed E-state index contributed by atoms with van der Waals surface area (Å²) < 4.78 is 0. The van der Waals surface area contributed by atoms with Crippen LogP contribution >= 0.6 is 22.5 Å². The van der Waals surface area contributed by atoms with Crippen LogP contribution in [0.25, 0.3) is 0 Å². The van der Waals surface area contributed by atoms with Crippen LogP contribution in [0.15, 0.2) is 0 Å². The second-order valence-electron chi connectivity index (χ2n) is 1.26. The Morgan fingerprint density at radius 2 is 2.33 bits per heavy atom. The van der Waals surface area contributed by atoms with E-state index in [2.05, 4.69) is 18.6 Å². The van der Waals surface area contributed by atoms with Gasteiger partial charge in [0.2, 0.25) is 0 Å². The molecular weight excluding hydrogens is 112 g/mol. The maximum Gasteiger partial charge on any atom is -0.0196 e. The highest BCUT2D eigenvalue weighted by molar-refractivity contribution is 8.68. The van der Waals surface area contributed by atoms with Crippen LogP contribution in [0.1, 0.15) is 19.8 Å². The summed E-state index contributed by atoms with van der Waals surface area (Å²) in [6, 6.07) is 0. The Kier molecular flexibility index (Phi) is 6.36. The molecule has 0 spiro atoms. The molecule has 0 atom stereocenters. The lowest BCUT2D eigenvalue weighted by Gasteiger charge is -1.88. The predicted molar refractivity (Wildman–Crippen MR) is 39.1 cm³/mol. The maximum absolute atomic E-state index is 4.08. The van der Waals surface area contributed by atoms with Crippen LogP contribution in [-0.2, 0) is 0 Å².